The van der Waals surface area contributed by atoms with Crippen molar-refractivity contribution in [3.05, 3.63) is 23.9 Å². The van der Waals surface area contributed by atoms with Gasteiger partial charge in [0, 0.05) is 19.7 Å². The quantitative estimate of drug-likeness (QED) is 0.780. The van der Waals surface area contributed by atoms with E-state index >= 15 is 0 Å². The third-order valence-corrected chi connectivity index (χ3v) is 3.10. The van der Waals surface area contributed by atoms with Gasteiger partial charge in [0.05, 0.1) is 11.8 Å². The van der Waals surface area contributed by atoms with Crippen LogP contribution in [0, 0.1) is 0 Å². The Balaban J connectivity index is 2.18. The molecule has 0 aromatic carbocycles. The first kappa shape index (κ1) is 11.4. The predicted octanol–water partition coefficient (Wildman–Crippen LogP) is 2.78. The number of pyridine rings is 1. The van der Waals surface area contributed by atoms with Crippen LogP contribution in [0.15, 0.2) is 18.2 Å². The van der Waals surface area contributed by atoms with Gasteiger partial charge in [-0.15, -0.1) is 0 Å². The zero-order chi connectivity index (χ0) is 11.4. The largest absolute Gasteiger partial charge is 0.372 e. The minimum absolute atomic E-state index is 0.218. The molecule has 1 aliphatic heterocycles. The normalized spacial score (nSPS) is 20.0. The Hall–Kier alpha value is -1.09. The summed E-state index contributed by atoms with van der Waals surface area (Å²) in [6.07, 6.45) is 2.48. The van der Waals surface area contributed by atoms with E-state index in [1.54, 1.807) is 0 Å². The van der Waals surface area contributed by atoms with Crippen molar-refractivity contribution < 1.29 is 4.74 Å². The van der Waals surface area contributed by atoms with Gasteiger partial charge in [0.2, 0.25) is 0 Å². The molecular formula is C13H20N2O. The monoisotopic (exact) mass is 220 g/mol. The summed E-state index contributed by atoms with van der Waals surface area (Å²) in [5, 5.41) is 0. The molecule has 1 unspecified atom stereocenters. The van der Waals surface area contributed by atoms with Crippen molar-refractivity contribution in [2.24, 2.45) is 0 Å². The lowest BCUT2D eigenvalue weighted by atomic mass is 10.1. The van der Waals surface area contributed by atoms with Crippen LogP contribution in [0.2, 0.25) is 0 Å². The van der Waals surface area contributed by atoms with Crippen molar-refractivity contribution >= 4 is 5.82 Å². The van der Waals surface area contributed by atoms with Crippen molar-refractivity contribution in [2.75, 3.05) is 24.6 Å². The second-order valence-corrected chi connectivity index (χ2v) is 4.09. The summed E-state index contributed by atoms with van der Waals surface area (Å²) in [5.74, 6) is 1.07. The van der Waals surface area contributed by atoms with E-state index in [9.17, 15) is 0 Å². The molecule has 1 aromatic heterocycles. The Morgan fingerprint density at radius 1 is 1.38 bits per heavy atom. The molecule has 0 bridgehead atoms. The molecule has 2 heterocycles. The molecule has 3 nitrogen and oxygen atoms in total. The van der Waals surface area contributed by atoms with Gasteiger partial charge < -0.3 is 9.64 Å². The predicted molar refractivity (Wildman–Crippen MR) is 65.7 cm³/mol. The molecular weight excluding hydrogens is 200 g/mol. The van der Waals surface area contributed by atoms with Crippen LogP contribution in [0.5, 0.6) is 0 Å². The maximum atomic E-state index is 5.66. The minimum atomic E-state index is 0.218. The number of ether oxygens (including phenoxy) is 1. The first-order valence-electron chi connectivity index (χ1n) is 6.18. The average Bonchev–Trinajstić information content (AvgIpc) is 2.85. The molecule has 1 saturated heterocycles. The van der Waals surface area contributed by atoms with E-state index in [4.69, 9.17) is 9.72 Å². The molecule has 16 heavy (non-hydrogen) atoms. The molecule has 2 rings (SSSR count). The van der Waals surface area contributed by atoms with Crippen molar-refractivity contribution in [3.8, 4) is 0 Å². The Morgan fingerprint density at radius 2 is 2.19 bits per heavy atom. The Kier molecular flexibility index (Phi) is 3.78. The number of aromatic nitrogens is 1. The summed E-state index contributed by atoms with van der Waals surface area (Å²) in [7, 11) is 0. The lowest BCUT2D eigenvalue weighted by molar-refractivity contribution is 0.108. The number of nitrogens with zero attached hydrogens (tertiary/aromatic N) is 2. The highest BCUT2D eigenvalue weighted by molar-refractivity contribution is 5.39. The van der Waals surface area contributed by atoms with Crippen LogP contribution in [0.4, 0.5) is 5.82 Å². The Bertz CT molecular complexity index is 313. The van der Waals surface area contributed by atoms with Crippen molar-refractivity contribution in [2.45, 2.75) is 32.8 Å². The fraction of sp³-hybridized carbons (Fsp3) is 0.615. The third-order valence-electron chi connectivity index (χ3n) is 3.10. The molecule has 0 amide bonds. The summed E-state index contributed by atoms with van der Waals surface area (Å²) in [4.78, 5) is 6.96. The van der Waals surface area contributed by atoms with Gasteiger partial charge in [-0.1, -0.05) is 6.07 Å². The molecule has 3 heteroatoms. The highest BCUT2D eigenvalue weighted by atomic mass is 16.5. The first-order chi connectivity index (χ1) is 7.85. The van der Waals surface area contributed by atoms with Crippen molar-refractivity contribution in [1.82, 2.24) is 4.98 Å². The van der Waals surface area contributed by atoms with E-state index < -0.39 is 0 Å². The van der Waals surface area contributed by atoms with E-state index in [2.05, 4.69) is 36.9 Å². The summed E-state index contributed by atoms with van der Waals surface area (Å²) in [6.45, 7) is 7.19. The van der Waals surface area contributed by atoms with Gasteiger partial charge in [-0.2, -0.15) is 0 Å². The van der Waals surface area contributed by atoms with Gasteiger partial charge in [-0.3, -0.25) is 0 Å². The highest BCUT2D eigenvalue weighted by Crippen LogP contribution is 2.28. The molecule has 1 aromatic rings. The zero-order valence-corrected chi connectivity index (χ0v) is 10.1. The maximum absolute atomic E-state index is 5.66. The van der Waals surface area contributed by atoms with Crippen LogP contribution < -0.4 is 4.90 Å². The molecule has 1 atom stereocenters. The van der Waals surface area contributed by atoms with Crippen LogP contribution in [-0.2, 0) is 4.74 Å². The van der Waals surface area contributed by atoms with Gasteiger partial charge in [0.1, 0.15) is 5.82 Å². The van der Waals surface area contributed by atoms with Crippen molar-refractivity contribution in [3.63, 3.8) is 0 Å². The fourth-order valence-corrected chi connectivity index (χ4v) is 2.15. The smallest absolute Gasteiger partial charge is 0.128 e. The van der Waals surface area contributed by atoms with Crippen LogP contribution >= 0.6 is 0 Å². The summed E-state index contributed by atoms with van der Waals surface area (Å²) >= 11 is 0. The summed E-state index contributed by atoms with van der Waals surface area (Å²) < 4.78 is 5.66. The van der Waals surface area contributed by atoms with Crippen LogP contribution in [-0.4, -0.2) is 24.7 Å². The van der Waals surface area contributed by atoms with Gasteiger partial charge in [0.25, 0.3) is 0 Å². The number of hydrogen-bond donors (Lipinski definition) is 0. The molecule has 1 fully saturated rings. The van der Waals surface area contributed by atoms with Gasteiger partial charge in [-0.25, -0.2) is 4.98 Å². The van der Waals surface area contributed by atoms with E-state index in [-0.39, 0.29) is 6.10 Å². The Labute approximate surface area is 97.4 Å². The van der Waals surface area contributed by atoms with Crippen LogP contribution in [0.25, 0.3) is 0 Å². The lowest BCUT2D eigenvalue weighted by Gasteiger charge is -2.21. The standard InChI is InChI=1S/C13H20N2O/c1-3-15(4-2)13-9-5-7-11(14-13)12-8-6-10-16-12/h5,7,9,12H,3-4,6,8,10H2,1-2H3. The van der Waals surface area contributed by atoms with E-state index in [0.29, 0.717) is 0 Å². The zero-order valence-electron chi connectivity index (χ0n) is 10.1. The SMILES string of the molecule is CCN(CC)c1cccc(C2CCCO2)n1. The molecule has 0 aliphatic carbocycles. The Morgan fingerprint density at radius 3 is 2.81 bits per heavy atom. The van der Waals surface area contributed by atoms with E-state index in [1.165, 1.54) is 0 Å². The second kappa shape index (κ2) is 5.30. The highest BCUT2D eigenvalue weighted by Gasteiger charge is 2.19. The molecule has 0 N–H and O–H groups in total. The molecule has 0 radical (unpaired) electrons. The fourth-order valence-electron chi connectivity index (χ4n) is 2.15. The van der Waals surface area contributed by atoms with E-state index in [1.807, 2.05) is 0 Å². The van der Waals surface area contributed by atoms with Crippen molar-refractivity contribution in [1.29, 1.82) is 0 Å². The topological polar surface area (TPSA) is 25.4 Å². The summed E-state index contributed by atoms with van der Waals surface area (Å²) in [5.41, 5.74) is 1.09. The van der Waals surface area contributed by atoms with E-state index in [0.717, 1.165) is 44.0 Å². The minimum Gasteiger partial charge on any atom is -0.372 e. The van der Waals surface area contributed by atoms with Crippen LogP contribution in [0.3, 0.4) is 0 Å². The van der Waals surface area contributed by atoms with Crippen LogP contribution in [0.1, 0.15) is 38.5 Å². The van der Waals surface area contributed by atoms with Gasteiger partial charge in [0.15, 0.2) is 0 Å². The third kappa shape index (κ3) is 2.35. The average molecular weight is 220 g/mol. The molecule has 1 aliphatic rings. The molecule has 88 valence electrons. The van der Waals surface area contributed by atoms with Gasteiger partial charge >= 0.3 is 0 Å². The summed E-state index contributed by atoms with van der Waals surface area (Å²) in [6, 6.07) is 6.23. The first-order valence-corrected chi connectivity index (χ1v) is 6.18. The maximum Gasteiger partial charge on any atom is 0.128 e. The molecule has 0 spiro atoms. The lowest BCUT2D eigenvalue weighted by Crippen LogP contribution is -2.23. The second-order valence-electron chi connectivity index (χ2n) is 4.09. The number of anilines is 1. The van der Waals surface area contributed by atoms with Gasteiger partial charge in [-0.05, 0) is 38.8 Å². The number of rotatable bonds is 4. The molecule has 0 saturated carbocycles. The number of hydrogen-bond acceptors (Lipinski definition) is 3.